The van der Waals surface area contributed by atoms with Crippen LogP contribution in [0, 0.1) is 0 Å². The highest BCUT2D eigenvalue weighted by molar-refractivity contribution is 7.54. The van der Waals surface area contributed by atoms with E-state index in [0.717, 1.165) is 0 Å². The highest BCUT2D eigenvalue weighted by Gasteiger charge is 1.85. The van der Waals surface area contributed by atoms with Gasteiger partial charge in [-0.3, -0.25) is 0 Å². The highest BCUT2D eigenvalue weighted by Crippen LogP contribution is 1.97. The molecule has 0 unspecified atom stereocenters. The maximum atomic E-state index is 4.94. The summed E-state index contributed by atoms with van der Waals surface area (Å²) in [6.45, 7) is -1.72. The summed E-state index contributed by atoms with van der Waals surface area (Å²) in [5.41, 5.74) is 0. The third-order valence-corrected chi connectivity index (χ3v) is 0. The molecule has 0 radical (unpaired) electrons. The van der Waals surface area contributed by atoms with Crippen LogP contribution in [0.4, 0.5) is 0 Å². The number of hydrogen-bond donors (Lipinski definition) is 0. The Morgan fingerprint density at radius 3 is 1.25 bits per heavy atom. The van der Waals surface area contributed by atoms with E-state index in [1.54, 1.807) is 0 Å². The Bertz CT molecular complexity index is 11.6. The largest absolute Gasteiger partial charge is 0.326 e. The quantitative estimate of drug-likeness (QED) is 0.352. The van der Waals surface area contributed by atoms with Gasteiger partial charge in [0.15, 0.2) is 0 Å². The minimum Gasteiger partial charge on any atom is -0.130 e. The molecule has 0 bridgehead atoms. The van der Waals surface area contributed by atoms with Crippen LogP contribution < -0.4 is 0 Å². The molecular weight excluding hydrogens is 134 g/mol. The van der Waals surface area contributed by atoms with Gasteiger partial charge in [-0.25, -0.2) is 0 Å². The van der Waals surface area contributed by atoms with Crippen molar-refractivity contribution >= 4 is 40.0 Å². The second-order valence-corrected chi connectivity index (χ2v) is 6.68. The molecule has 0 aliphatic carbocycles. The summed E-state index contributed by atoms with van der Waals surface area (Å²) in [7, 11) is 0. The molecule has 4 heteroatoms. The van der Waals surface area contributed by atoms with Crippen molar-refractivity contribution in [3.63, 3.8) is 0 Å². The van der Waals surface area contributed by atoms with E-state index in [0.29, 0.717) is 0 Å². The van der Waals surface area contributed by atoms with Crippen molar-refractivity contribution in [2.24, 2.45) is 0 Å². The van der Waals surface area contributed by atoms with Crippen molar-refractivity contribution in [1.82, 2.24) is 0 Å². The molecule has 0 spiro atoms. The van der Waals surface area contributed by atoms with E-state index in [9.17, 15) is 0 Å². The van der Waals surface area contributed by atoms with Crippen molar-refractivity contribution in [1.29, 1.82) is 0 Å². The first-order valence-electron chi connectivity index (χ1n) is 0.655. The maximum absolute atomic E-state index is 4.94. The summed E-state index contributed by atoms with van der Waals surface area (Å²) in [6.07, 6.45) is 0. The molecule has 0 atom stereocenters. The topological polar surface area (TPSA) is 0 Å². The van der Waals surface area contributed by atoms with E-state index in [2.05, 4.69) is 0 Å². The van der Waals surface area contributed by atoms with Crippen molar-refractivity contribution in [2.45, 2.75) is 0 Å². The van der Waals surface area contributed by atoms with E-state index < -0.39 is 6.73 Å². The van der Waals surface area contributed by atoms with Gasteiger partial charge in [0, 0.05) is 1.43 Å². The van der Waals surface area contributed by atoms with Crippen molar-refractivity contribution < 1.29 is 1.43 Å². The van der Waals surface area contributed by atoms with Crippen LogP contribution in [0.2, 0.25) is 0 Å². The van der Waals surface area contributed by atoms with Gasteiger partial charge in [0.25, 0.3) is 0 Å². The summed E-state index contributed by atoms with van der Waals surface area (Å²) >= 11 is 14.8. The molecule has 0 aliphatic heterocycles. The van der Waals surface area contributed by atoms with E-state index in [1.165, 1.54) is 0 Å². The molecule has 0 aromatic carbocycles. The molecule has 0 saturated carbocycles. The fourth-order valence-corrected chi connectivity index (χ4v) is 0. The number of hydrogen-bond acceptors (Lipinski definition) is 0. The minimum atomic E-state index is -1.72. The van der Waals surface area contributed by atoms with Gasteiger partial charge in [0.2, 0.25) is 0 Å². The van der Waals surface area contributed by atoms with Gasteiger partial charge in [0.1, 0.15) is 0 Å². The molecule has 0 aromatic heterocycles. The third kappa shape index (κ3) is 11.4. The van der Waals surface area contributed by atoms with Crippen LogP contribution in [-0.4, -0.2) is 6.73 Å². The zero-order chi connectivity index (χ0) is 3.58. The first-order valence-corrected chi connectivity index (χ1v) is 5.89. The lowest BCUT2D eigenvalue weighted by atomic mass is 27.7. The van der Waals surface area contributed by atoms with Crippen LogP contribution in [0.3, 0.4) is 0 Å². The average Bonchev–Trinajstić information content (AvgIpc) is 0.811. The Morgan fingerprint density at radius 2 is 1.25 bits per heavy atom. The Labute approximate surface area is 41.9 Å². The summed E-state index contributed by atoms with van der Waals surface area (Å²) in [4.78, 5) is 0. The standard InChI is InChI=1S/Cl3HSi.H2/c1-4(2)3;/h4H;1H. The Hall–Kier alpha value is 1.09. The normalized spacial score (nSPS) is 9.00. The number of rotatable bonds is 0. The van der Waals surface area contributed by atoms with E-state index in [4.69, 9.17) is 33.2 Å². The van der Waals surface area contributed by atoms with Crippen LogP contribution in [0.15, 0.2) is 0 Å². The third-order valence-electron chi connectivity index (χ3n) is 0. The van der Waals surface area contributed by atoms with Gasteiger partial charge in [-0.2, -0.15) is 0 Å². The summed E-state index contributed by atoms with van der Waals surface area (Å²) in [5, 5.41) is 0. The van der Waals surface area contributed by atoms with Crippen LogP contribution >= 0.6 is 33.2 Å². The van der Waals surface area contributed by atoms with Crippen molar-refractivity contribution in [2.75, 3.05) is 0 Å². The van der Waals surface area contributed by atoms with Crippen LogP contribution in [0.25, 0.3) is 0 Å². The molecule has 0 nitrogen and oxygen atoms in total. The fraction of sp³-hybridized carbons (Fsp3) is 0. The Balaban J connectivity index is 0. The van der Waals surface area contributed by atoms with Crippen LogP contribution in [0.5, 0.6) is 0 Å². The van der Waals surface area contributed by atoms with Gasteiger partial charge in [-0.05, 0) is 0 Å². The van der Waals surface area contributed by atoms with Gasteiger partial charge in [-0.1, -0.05) is 0 Å². The average molecular weight is 137 g/mol. The van der Waals surface area contributed by atoms with Gasteiger partial charge < -0.3 is 0 Å². The van der Waals surface area contributed by atoms with Gasteiger partial charge >= 0.3 is 6.73 Å². The molecule has 0 heterocycles. The van der Waals surface area contributed by atoms with Crippen molar-refractivity contribution in [3.05, 3.63) is 0 Å². The van der Waals surface area contributed by atoms with Crippen LogP contribution in [-0.2, 0) is 0 Å². The molecule has 28 valence electrons. The van der Waals surface area contributed by atoms with E-state index in [1.807, 2.05) is 0 Å². The number of halogens is 3. The molecule has 0 aliphatic rings. The second kappa shape index (κ2) is 2.33. The summed E-state index contributed by atoms with van der Waals surface area (Å²) in [6, 6.07) is 0. The predicted molar refractivity (Wildman–Crippen MR) is 26.8 cm³/mol. The van der Waals surface area contributed by atoms with E-state index in [-0.39, 0.29) is 1.43 Å². The van der Waals surface area contributed by atoms with Gasteiger partial charge in [0.05, 0.1) is 0 Å². The summed E-state index contributed by atoms with van der Waals surface area (Å²) in [5.74, 6) is 0. The predicted octanol–water partition coefficient (Wildman–Crippen LogP) is 1.67. The smallest absolute Gasteiger partial charge is 0.130 e. The lowest BCUT2D eigenvalue weighted by Gasteiger charge is -1.65. The second-order valence-electron chi connectivity index (χ2n) is 0.247. The lowest BCUT2D eigenvalue weighted by Crippen LogP contribution is -1.66. The Morgan fingerprint density at radius 1 is 1.25 bits per heavy atom. The SMILES string of the molecule is Cl[SiH](Cl)Cl.[HH]. The fourth-order valence-electron chi connectivity index (χ4n) is 0. The molecule has 0 aromatic rings. The molecular formula is H3Cl3Si. The first kappa shape index (κ1) is 5.09. The lowest BCUT2D eigenvalue weighted by molar-refractivity contribution is 4.07. The minimum absolute atomic E-state index is 0. The van der Waals surface area contributed by atoms with Crippen LogP contribution in [0.1, 0.15) is 1.43 Å². The molecule has 4 heavy (non-hydrogen) atoms. The van der Waals surface area contributed by atoms with Crippen molar-refractivity contribution in [3.8, 4) is 0 Å². The highest BCUT2D eigenvalue weighted by atomic mass is 35.8. The van der Waals surface area contributed by atoms with Gasteiger partial charge in [-0.15, -0.1) is 33.2 Å². The maximum Gasteiger partial charge on any atom is 0.326 e. The molecule has 0 amide bonds. The molecule has 0 saturated heterocycles. The Kier molecular flexibility index (Phi) is 2.97. The zero-order valence-electron chi connectivity index (χ0n) is 1.71. The molecule has 0 rings (SSSR count). The first-order chi connectivity index (χ1) is 1.73. The summed E-state index contributed by atoms with van der Waals surface area (Å²) < 4.78 is 0. The monoisotopic (exact) mass is 136 g/mol. The van der Waals surface area contributed by atoms with E-state index >= 15 is 0 Å². The molecule has 0 fully saturated rings. The zero-order valence-corrected chi connectivity index (χ0v) is 5.13. The molecule has 0 N–H and O–H groups in total.